The Kier molecular flexibility index (Phi) is 6.76. The number of benzene rings is 2. The van der Waals surface area contributed by atoms with Crippen molar-refractivity contribution < 1.29 is 17.9 Å². The first-order valence-corrected chi connectivity index (χ1v) is 11.1. The molecule has 0 fully saturated rings. The fourth-order valence-electron chi connectivity index (χ4n) is 4.66. The molecule has 2 aromatic carbocycles. The number of aromatic nitrogens is 2. The van der Waals surface area contributed by atoms with E-state index in [1.165, 1.54) is 15.5 Å². The number of nitrogens with zero attached hydrogens (tertiary/aromatic N) is 3. The zero-order chi connectivity index (χ0) is 23.9. The van der Waals surface area contributed by atoms with Crippen LogP contribution in [0.5, 0.6) is 5.75 Å². The molecule has 0 radical (unpaired) electrons. The molecule has 5 rings (SSSR count). The van der Waals surface area contributed by atoms with Gasteiger partial charge in [-0.05, 0) is 29.3 Å². The van der Waals surface area contributed by atoms with Crippen molar-refractivity contribution in [1.29, 1.82) is 0 Å². The number of rotatable bonds is 5. The normalized spacial score (nSPS) is 13.9. The van der Waals surface area contributed by atoms with Crippen LogP contribution >= 0.6 is 0 Å². The molecule has 35 heavy (non-hydrogen) atoms. The van der Waals surface area contributed by atoms with Crippen LogP contribution in [0.3, 0.4) is 0 Å². The zero-order valence-corrected chi connectivity index (χ0v) is 18.7. The molecule has 0 saturated carbocycles. The number of hydrogen-bond donors (Lipinski definition) is 0. The van der Waals surface area contributed by atoms with Gasteiger partial charge >= 0.3 is 6.18 Å². The van der Waals surface area contributed by atoms with Crippen molar-refractivity contribution in [3.63, 3.8) is 0 Å². The maximum Gasteiger partial charge on any atom is 0.401 e. The summed E-state index contributed by atoms with van der Waals surface area (Å²) in [6.45, 7) is 0.0951. The van der Waals surface area contributed by atoms with E-state index < -0.39 is 12.7 Å². The Morgan fingerprint density at radius 1 is 1.03 bits per heavy atom. The predicted molar refractivity (Wildman–Crippen MR) is 131 cm³/mol. The molecule has 0 spiro atoms. The van der Waals surface area contributed by atoms with E-state index in [1.807, 2.05) is 60.1 Å². The summed E-state index contributed by atoms with van der Waals surface area (Å²) >= 11 is 0. The van der Waals surface area contributed by atoms with Crippen molar-refractivity contribution in [2.24, 2.45) is 7.05 Å². The van der Waals surface area contributed by atoms with Crippen molar-refractivity contribution in [2.45, 2.75) is 33.2 Å². The van der Waals surface area contributed by atoms with E-state index in [4.69, 9.17) is 4.74 Å². The summed E-state index contributed by atoms with van der Waals surface area (Å²) < 4.78 is 48.0. The fourth-order valence-corrected chi connectivity index (χ4v) is 4.66. The number of ether oxygens (including phenoxy) is 1. The van der Waals surface area contributed by atoms with Gasteiger partial charge in [0.05, 0.1) is 17.7 Å². The molecule has 0 atom stereocenters. The quantitative estimate of drug-likeness (QED) is 0.378. The minimum atomic E-state index is -4.21. The molecule has 0 unspecified atom stereocenters. The predicted octanol–water partition coefficient (Wildman–Crippen LogP) is 5.46. The Morgan fingerprint density at radius 2 is 1.80 bits per heavy atom. The number of hydrogen-bond acceptors (Lipinski definition) is 3. The molecular formula is C27H28F3N3O2. The lowest BCUT2D eigenvalue weighted by Crippen LogP contribution is -2.38. The van der Waals surface area contributed by atoms with Gasteiger partial charge in [0.1, 0.15) is 12.4 Å². The second-order valence-electron chi connectivity index (χ2n) is 8.61. The SMILES string of the molecule is C.Cn1c2c(c3ccc(-n4ccc(OCc5ccccc5)cc4=O)cc31)CN(CC(F)(F)F)CC2. The lowest BCUT2D eigenvalue weighted by atomic mass is 10.0. The van der Waals surface area contributed by atoms with Crippen molar-refractivity contribution >= 4 is 10.9 Å². The molecule has 1 aliphatic heterocycles. The second-order valence-corrected chi connectivity index (χ2v) is 8.61. The highest BCUT2D eigenvalue weighted by Gasteiger charge is 2.33. The topological polar surface area (TPSA) is 39.4 Å². The third-order valence-electron chi connectivity index (χ3n) is 6.29. The van der Waals surface area contributed by atoms with Gasteiger partial charge in [0, 0.05) is 49.9 Å². The Bertz CT molecular complexity index is 1390. The average molecular weight is 484 g/mol. The molecule has 3 heterocycles. The van der Waals surface area contributed by atoms with Gasteiger partial charge in [0.25, 0.3) is 5.56 Å². The molecule has 0 saturated heterocycles. The minimum absolute atomic E-state index is 0. The zero-order valence-electron chi connectivity index (χ0n) is 18.7. The number of fused-ring (bicyclic) bond motifs is 3. The molecule has 0 amide bonds. The molecule has 5 nitrogen and oxygen atoms in total. The van der Waals surface area contributed by atoms with Gasteiger partial charge in [0.15, 0.2) is 0 Å². The molecule has 0 bridgehead atoms. The van der Waals surface area contributed by atoms with Crippen LogP contribution in [0.4, 0.5) is 13.2 Å². The number of pyridine rings is 1. The first-order chi connectivity index (χ1) is 16.3. The summed E-state index contributed by atoms with van der Waals surface area (Å²) in [6.07, 6.45) is -1.98. The van der Waals surface area contributed by atoms with Gasteiger partial charge in [-0.1, -0.05) is 43.8 Å². The summed E-state index contributed by atoms with van der Waals surface area (Å²) in [4.78, 5) is 14.2. The summed E-state index contributed by atoms with van der Waals surface area (Å²) in [7, 11) is 1.92. The molecule has 4 aromatic rings. The smallest absolute Gasteiger partial charge is 0.401 e. The van der Waals surface area contributed by atoms with Crippen LogP contribution in [-0.2, 0) is 26.6 Å². The third kappa shape index (κ3) is 5.12. The standard InChI is InChI=1S/C26H24F3N3O2.CH4/c1-30-23-10-11-31(17-26(27,28)29)15-22(23)21-8-7-19(13-24(21)30)32-12-9-20(14-25(32)33)34-16-18-5-3-2-4-6-18;/h2-9,12-14H,10-11,15-17H2,1H3;1H4. The molecule has 8 heteroatoms. The van der Waals surface area contributed by atoms with Crippen molar-refractivity contribution in [1.82, 2.24) is 14.0 Å². The Balaban J connectivity index is 0.00000289. The highest BCUT2D eigenvalue weighted by Crippen LogP contribution is 2.32. The van der Waals surface area contributed by atoms with E-state index in [1.54, 1.807) is 12.3 Å². The van der Waals surface area contributed by atoms with E-state index in [2.05, 4.69) is 0 Å². The Labute approximate surface area is 202 Å². The van der Waals surface area contributed by atoms with Crippen LogP contribution in [0.25, 0.3) is 16.6 Å². The first kappa shape index (κ1) is 24.6. The van der Waals surface area contributed by atoms with Crippen LogP contribution in [0, 0.1) is 0 Å². The van der Waals surface area contributed by atoms with E-state index in [0.29, 0.717) is 31.0 Å². The summed E-state index contributed by atoms with van der Waals surface area (Å²) in [5.74, 6) is 0.491. The number of alkyl halides is 3. The van der Waals surface area contributed by atoms with E-state index >= 15 is 0 Å². The highest BCUT2D eigenvalue weighted by molar-refractivity contribution is 5.87. The van der Waals surface area contributed by atoms with Gasteiger partial charge in [0.2, 0.25) is 0 Å². The molecular weight excluding hydrogens is 455 g/mol. The maximum absolute atomic E-state index is 12.9. The average Bonchev–Trinajstić information content (AvgIpc) is 3.08. The van der Waals surface area contributed by atoms with E-state index in [-0.39, 0.29) is 19.5 Å². The second kappa shape index (κ2) is 9.62. The van der Waals surface area contributed by atoms with Gasteiger partial charge in [-0.3, -0.25) is 14.3 Å². The monoisotopic (exact) mass is 483 g/mol. The van der Waals surface area contributed by atoms with Crippen LogP contribution < -0.4 is 10.3 Å². The summed E-state index contributed by atoms with van der Waals surface area (Å²) in [5.41, 5.74) is 4.35. The summed E-state index contributed by atoms with van der Waals surface area (Å²) in [6, 6.07) is 18.6. The van der Waals surface area contributed by atoms with E-state index in [9.17, 15) is 18.0 Å². The van der Waals surface area contributed by atoms with Crippen LogP contribution in [0.2, 0.25) is 0 Å². The number of aryl methyl sites for hydroxylation is 1. The molecule has 1 aliphatic rings. The lowest BCUT2D eigenvalue weighted by molar-refractivity contribution is -0.147. The summed E-state index contributed by atoms with van der Waals surface area (Å²) in [5, 5.41) is 0.920. The maximum atomic E-state index is 12.9. The molecule has 184 valence electrons. The van der Waals surface area contributed by atoms with Gasteiger partial charge in [-0.15, -0.1) is 0 Å². The van der Waals surface area contributed by atoms with Gasteiger partial charge in [-0.25, -0.2) is 0 Å². The van der Waals surface area contributed by atoms with Crippen molar-refractivity contribution in [3.05, 3.63) is 94.0 Å². The largest absolute Gasteiger partial charge is 0.489 e. The molecule has 0 N–H and O–H groups in total. The minimum Gasteiger partial charge on any atom is -0.489 e. The van der Waals surface area contributed by atoms with Gasteiger partial charge in [-0.2, -0.15) is 13.2 Å². The van der Waals surface area contributed by atoms with Gasteiger partial charge < -0.3 is 9.30 Å². The molecule has 0 aliphatic carbocycles. The first-order valence-electron chi connectivity index (χ1n) is 11.1. The van der Waals surface area contributed by atoms with Crippen LogP contribution in [-0.4, -0.2) is 33.3 Å². The molecule has 2 aromatic heterocycles. The number of halogens is 3. The Morgan fingerprint density at radius 3 is 2.51 bits per heavy atom. The third-order valence-corrected chi connectivity index (χ3v) is 6.29. The highest BCUT2D eigenvalue weighted by atomic mass is 19.4. The van der Waals surface area contributed by atoms with E-state index in [0.717, 1.165) is 27.7 Å². The van der Waals surface area contributed by atoms with Crippen molar-refractivity contribution in [3.8, 4) is 11.4 Å². The Hall–Kier alpha value is -3.52. The fraction of sp³-hybridized carbons (Fsp3) is 0.296. The lowest BCUT2D eigenvalue weighted by Gasteiger charge is -2.28. The van der Waals surface area contributed by atoms with Crippen LogP contribution in [0.15, 0.2) is 71.7 Å². The van der Waals surface area contributed by atoms with Crippen molar-refractivity contribution in [2.75, 3.05) is 13.1 Å². The van der Waals surface area contributed by atoms with Crippen LogP contribution in [0.1, 0.15) is 24.2 Å².